The number of rotatable bonds is 5. The number of halogens is 4. The Morgan fingerprint density at radius 2 is 1.97 bits per heavy atom. The molecular weight excluding hydrogens is 426 g/mol. The van der Waals surface area contributed by atoms with Crippen LogP contribution in [0.15, 0.2) is 53.7 Å². The summed E-state index contributed by atoms with van der Waals surface area (Å²) >= 11 is 0. The number of pyridine rings is 1. The summed E-state index contributed by atoms with van der Waals surface area (Å²) in [6.45, 7) is -2.73. The van der Waals surface area contributed by atoms with E-state index in [-0.39, 0.29) is 17.2 Å². The predicted molar refractivity (Wildman–Crippen MR) is 103 cm³/mol. The molecular formula is C19H21F4N3O3S. The van der Waals surface area contributed by atoms with Gasteiger partial charge in [0.25, 0.3) is 0 Å². The van der Waals surface area contributed by atoms with Crippen LogP contribution >= 0.6 is 0 Å². The maximum atomic E-state index is 13.3. The molecule has 164 valence electrons. The maximum Gasteiger partial charge on any atom is 0.387 e. The largest absolute Gasteiger partial charge is 0.435 e. The average molecular weight is 447 g/mol. The van der Waals surface area contributed by atoms with Crippen molar-refractivity contribution >= 4 is 22.6 Å². The number of hydrogen-bond acceptors (Lipinski definition) is 4. The highest BCUT2D eigenvalue weighted by molar-refractivity contribution is 7.82. The van der Waals surface area contributed by atoms with Gasteiger partial charge in [-0.3, -0.25) is 4.79 Å². The number of carbonyl (C=O) groups excluding carboxylic acids is 1. The highest BCUT2D eigenvalue weighted by Crippen LogP contribution is 2.37. The fourth-order valence-electron chi connectivity index (χ4n) is 2.84. The van der Waals surface area contributed by atoms with Crippen LogP contribution < -0.4 is 15.2 Å². The number of ether oxygens (including phenoxy) is 1. The lowest BCUT2D eigenvalue weighted by Crippen LogP contribution is -2.33. The molecule has 6 nitrogen and oxygen atoms in total. The van der Waals surface area contributed by atoms with Gasteiger partial charge >= 0.3 is 6.61 Å². The van der Waals surface area contributed by atoms with Crippen LogP contribution in [0.4, 0.5) is 23.2 Å². The Balaban J connectivity index is 0.000000269. The van der Waals surface area contributed by atoms with Gasteiger partial charge in [-0.2, -0.15) is 8.78 Å². The minimum absolute atomic E-state index is 0.122. The molecule has 0 saturated heterocycles. The van der Waals surface area contributed by atoms with Gasteiger partial charge in [-0.1, -0.05) is 18.2 Å². The zero-order valence-corrected chi connectivity index (χ0v) is 16.6. The highest BCUT2D eigenvalue weighted by atomic mass is 32.2. The Morgan fingerprint density at radius 3 is 2.57 bits per heavy atom. The van der Waals surface area contributed by atoms with E-state index < -0.39 is 41.8 Å². The van der Waals surface area contributed by atoms with E-state index in [0.29, 0.717) is 18.5 Å². The number of benzene rings is 1. The van der Waals surface area contributed by atoms with E-state index in [1.54, 1.807) is 18.2 Å². The highest BCUT2D eigenvalue weighted by Gasteiger charge is 2.39. The van der Waals surface area contributed by atoms with E-state index in [1.807, 2.05) is 0 Å². The fourth-order valence-corrected chi connectivity index (χ4v) is 3.25. The van der Waals surface area contributed by atoms with Crippen LogP contribution in [0.2, 0.25) is 0 Å². The molecule has 30 heavy (non-hydrogen) atoms. The lowest BCUT2D eigenvalue weighted by atomic mass is 9.86. The zero-order valence-electron chi connectivity index (χ0n) is 15.8. The number of nitrogens with one attached hydrogen (secondary N) is 1. The quantitative estimate of drug-likeness (QED) is 0.675. The van der Waals surface area contributed by atoms with E-state index in [0.717, 1.165) is 0 Å². The molecule has 0 radical (unpaired) electrons. The van der Waals surface area contributed by atoms with Crippen molar-refractivity contribution in [2.45, 2.75) is 43.2 Å². The number of nitrogens with two attached hydrogens (primary N) is 1. The van der Waals surface area contributed by atoms with E-state index in [2.05, 4.69) is 15.0 Å². The van der Waals surface area contributed by atoms with Crippen LogP contribution in [-0.2, 0) is 15.8 Å². The third-order valence-corrected chi connectivity index (χ3v) is 4.82. The summed E-state index contributed by atoms with van der Waals surface area (Å²) in [7, 11) is -1.75. The standard InChI is InChI=1S/C12H15F2N3O2S.C7H6F2O/c13-12(14)4-1-2-8(7-12)11(18)17-9-3-5-16-10(6-9)20(15)19;8-7(9)10-6-4-2-1-3-5-6/h3,5-6,8H,1-2,4,7,15H2,(H,16,17,18);1-5,7H. The number of aromatic nitrogens is 1. The summed E-state index contributed by atoms with van der Waals surface area (Å²) < 4.78 is 64.7. The molecule has 1 aromatic carbocycles. The Kier molecular flexibility index (Phi) is 8.72. The van der Waals surface area contributed by atoms with Gasteiger partial charge in [-0.05, 0) is 37.1 Å². The van der Waals surface area contributed by atoms with Crippen LogP contribution in [0, 0.1) is 5.92 Å². The number of amides is 1. The number of alkyl halides is 4. The number of carbonyl (C=O) groups is 1. The molecule has 2 aromatic rings. The summed E-state index contributed by atoms with van der Waals surface area (Å²) in [4.78, 5) is 15.7. The topological polar surface area (TPSA) is 94.3 Å². The second-order valence-corrected chi connectivity index (χ2v) is 7.52. The van der Waals surface area contributed by atoms with Gasteiger partial charge in [0.15, 0.2) is 0 Å². The molecule has 3 rings (SSSR count). The number of nitrogens with zero attached hydrogens (tertiary/aromatic N) is 1. The Morgan fingerprint density at radius 1 is 1.27 bits per heavy atom. The maximum absolute atomic E-state index is 13.3. The summed E-state index contributed by atoms with van der Waals surface area (Å²) in [6, 6.07) is 10.8. The van der Waals surface area contributed by atoms with Crippen molar-refractivity contribution in [1.29, 1.82) is 0 Å². The van der Waals surface area contributed by atoms with Crippen LogP contribution in [0.3, 0.4) is 0 Å². The molecule has 1 amide bonds. The van der Waals surface area contributed by atoms with Crippen molar-refractivity contribution < 1.29 is 31.3 Å². The first-order valence-electron chi connectivity index (χ1n) is 8.97. The van der Waals surface area contributed by atoms with Gasteiger partial charge in [-0.25, -0.2) is 23.1 Å². The van der Waals surface area contributed by atoms with Crippen molar-refractivity contribution in [3.63, 3.8) is 0 Å². The van der Waals surface area contributed by atoms with Crippen LogP contribution in [0.1, 0.15) is 25.7 Å². The molecule has 11 heteroatoms. The van der Waals surface area contributed by atoms with Crippen LogP contribution in [0.5, 0.6) is 5.75 Å². The van der Waals surface area contributed by atoms with E-state index in [9.17, 15) is 26.6 Å². The van der Waals surface area contributed by atoms with Crippen molar-refractivity contribution in [3.8, 4) is 5.75 Å². The van der Waals surface area contributed by atoms with Gasteiger partial charge in [0, 0.05) is 30.6 Å². The van der Waals surface area contributed by atoms with Crippen molar-refractivity contribution in [2.24, 2.45) is 11.1 Å². The Bertz CT molecular complexity index is 856. The molecule has 1 fully saturated rings. The van der Waals surface area contributed by atoms with E-state index in [4.69, 9.17) is 5.14 Å². The first-order chi connectivity index (χ1) is 14.2. The van der Waals surface area contributed by atoms with Gasteiger partial charge in [0.1, 0.15) is 21.8 Å². The van der Waals surface area contributed by atoms with Gasteiger partial charge in [-0.15, -0.1) is 0 Å². The lowest BCUT2D eigenvalue weighted by molar-refractivity contribution is -0.127. The SMILES string of the molecule is FC(F)Oc1ccccc1.NS(=O)c1cc(NC(=O)C2CCCC(F)(F)C2)ccn1. The molecule has 2 atom stereocenters. The molecule has 0 aliphatic heterocycles. The summed E-state index contributed by atoms with van der Waals surface area (Å²) in [5.41, 5.74) is 0.354. The lowest BCUT2D eigenvalue weighted by Gasteiger charge is -2.27. The second kappa shape index (κ2) is 11.0. The summed E-state index contributed by atoms with van der Waals surface area (Å²) in [5.74, 6) is -3.75. The van der Waals surface area contributed by atoms with Gasteiger partial charge < -0.3 is 10.1 Å². The average Bonchev–Trinajstić information content (AvgIpc) is 2.68. The first-order valence-corrected chi connectivity index (χ1v) is 10.2. The third-order valence-electron chi connectivity index (χ3n) is 4.19. The summed E-state index contributed by atoms with van der Waals surface area (Å²) in [5, 5.41) is 7.85. The van der Waals surface area contributed by atoms with Crippen molar-refractivity contribution in [3.05, 3.63) is 48.7 Å². The van der Waals surface area contributed by atoms with Gasteiger partial charge in [0.2, 0.25) is 11.8 Å². The molecule has 0 bridgehead atoms. The number of anilines is 1. The molecule has 1 aromatic heterocycles. The van der Waals surface area contributed by atoms with Crippen LogP contribution in [-0.4, -0.2) is 27.6 Å². The molecule has 3 N–H and O–H groups in total. The monoisotopic (exact) mass is 447 g/mol. The van der Waals surface area contributed by atoms with E-state index >= 15 is 0 Å². The third kappa shape index (κ3) is 8.07. The number of hydrogen-bond donors (Lipinski definition) is 2. The second-order valence-electron chi connectivity index (χ2n) is 6.51. The molecule has 1 saturated carbocycles. The summed E-state index contributed by atoms with van der Waals surface area (Å²) in [6.07, 6.45) is 1.54. The van der Waals surface area contributed by atoms with E-state index in [1.165, 1.54) is 30.5 Å². The molecule has 1 aliphatic rings. The minimum atomic E-state index is -2.78. The predicted octanol–water partition coefficient (Wildman–Crippen LogP) is 4.11. The molecule has 1 aliphatic carbocycles. The van der Waals surface area contributed by atoms with Crippen molar-refractivity contribution in [2.75, 3.05) is 5.32 Å². The molecule has 0 spiro atoms. The number of para-hydroxylation sites is 1. The molecule has 2 unspecified atom stereocenters. The zero-order chi connectivity index (χ0) is 22.1. The van der Waals surface area contributed by atoms with Crippen LogP contribution in [0.25, 0.3) is 0 Å². The van der Waals surface area contributed by atoms with Crippen molar-refractivity contribution in [1.82, 2.24) is 4.98 Å². The Labute approximate surface area is 173 Å². The first kappa shape index (κ1) is 23.7. The minimum Gasteiger partial charge on any atom is -0.435 e. The smallest absolute Gasteiger partial charge is 0.387 e. The van der Waals surface area contributed by atoms with Gasteiger partial charge in [0.05, 0.1) is 0 Å². The Hall–Kier alpha value is -2.53. The normalized spacial score (nSPS) is 18.7. The fraction of sp³-hybridized carbons (Fsp3) is 0.368. The molecule has 1 heterocycles.